The van der Waals surface area contributed by atoms with E-state index in [0.717, 1.165) is 29.1 Å². The van der Waals surface area contributed by atoms with Crippen LogP contribution in [0.25, 0.3) is 0 Å². The molecule has 9 heteroatoms. The van der Waals surface area contributed by atoms with Crippen LogP contribution < -0.4 is 4.90 Å². The van der Waals surface area contributed by atoms with Gasteiger partial charge in [-0.1, -0.05) is 30.7 Å². The molecule has 1 fully saturated rings. The molecule has 3 aromatic rings. The van der Waals surface area contributed by atoms with E-state index in [2.05, 4.69) is 9.88 Å². The Hall–Kier alpha value is -2.55. The Balaban J connectivity index is 1.59. The Morgan fingerprint density at radius 1 is 1.03 bits per heavy atom. The first-order chi connectivity index (χ1) is 15.8. The van der Waals surface area contributed by atoms with Gasteiger partial charge in [-0.15, -0.1) is 0 Å². The second kappa shape index (κ2) is 9.75. The third-order valence-corrected chi connectivity index (χ3v) is 7.94. The standard InChI is InChI=1S/C24H26ClFN4O2S/c1-3-23-22(16-18-5-4-6-20(26)15-18)24(28-17(2)27-23)29-11-13-30(14-12-29)33(31,32)21-9-7-19(25)8-10-21/h4-10,15H,3,11-14,16H2,1-2H3. The normalized spacial score (nSPS) is 15.1. The van der Waals surface area contributed by atoms with Crippen molar-refractivity contribution >= 4 is 27.4 Å². The zero-order valence-corrected chi connectivity index (χ0v) is 20.2. The van der Waals surface area contributed by atoms with Crippen LogP contribution in [0.5, 0.6) is 0 Å². The summed E-state index contributed by atoms with van der Waals surface area (Å²) >= 11 is 5.91. The van der Waals surface area contributed by atoms with Crippen LogP contribution >= 0.6 is 11.6 Å². The molecule has 0 unspecified atom stereocenters. The molecule has 0 spiro atoms. The third kappa shape index (κ3) is 5.18. The van der Waals surface area contributed by atoms with Crippen molar-refractivity contribution < 1.29 is 12.8 Å². The summed E-state index contributed by atoms with van der Waals surface area (Å²) in [5.74, 6) is 1.19. The van der Waals surface area contributed by atoms with E-state index in [4.69, 9.17) is 16.6 Å². The van der Waals surface area contributed by atoms with Crippen molar-refractivity contribution in [1.29, 1.82) is 0 Å². The number of nitrogens with zero attached hydrogens (tertiary/aromatic N) is 4. The highest BCUT2D eigenvalue weighted by Crippen LogP contribution is 2.27. The van der Waals surface area contributed by atoms with Gasteiger partial charge in [0, 0.05) is 48.9 Å². The predicted molar refractivity (Wildman–Crippen MR) is 128 cm³/mol. The zero-order chi connectivity index (χ0) is 23.6. The van der Waals surface area contributed by atoms with E-state index in [1.165, 1.54) is 28.6 Å². The fraction of sp³-hybridized carbons (Fsp3) is 0.333. The minimum Gasteiger partial charge on any atom is -0.354 e. The van der Waals surface area contributed by atoms with Gasteiger partial charge >= 0.3 is 0 Å². The molecule has 0 radical (unpaired) electrons. The number of benzene rings is 2. The average molecular weight is 489 g/mol. The van der Waals surface area contributed by atoms with Crippen molar-refractivity contribution in [2.75, 3.05) is 31.1 Å². The van der Waals surface area contributed by atoms with Crippen LogP contribution in [0.15, 0.2) is 53.4 Å². The van der Waals surface area contributed by atoms with Crippen LogP contribution in [0, 0.1) is 12.7 Å². The zero-order valence-electron chi connectivity index (χ0n) is 18.6. The first-order valence-electron chi connectivity index (χ1n) is 10.9. The molecular weight excluding hydrogens is 463 g/mol. The van der Waals surface area contributed by atoms with E-state index in [9.17, 15) is 12.8 Å². The maximum Gasteiger partial charge on any atom is 0.243 e. The molecule has 6 nitrogen and oxygen atoms in total. The van der Waals surface area contributed by atoms with E-state index >= 15 is 0 Å². The Kier molecular flexibility index (Phi) is 6.97. The summed E-state index contributed by atoms with van der Waals surface area (Å²) in [5.41, 5.74) is 2.74. The average Bonchev–Trinajstić information content (AvgIpc) is 2.80. The summed E-state index contributed by atoms with van der Waals surface area (Å²) in [6, 6.07) is 12.8. The lowest BCUT2D eigenvalue weighted by atomic mass is 10.0. The number of aryl methyl sites for hydroxylation is 2. The fourth-order valence-corrected chi connectivity index (χ4v) is 5.67. The number of aromatic nitrogens is 2. The molecule has 1 aliphatic heterocycles. The summed E-state index contributed by atoms with van der Waals surface area (Å²) in [6.07, 6.45) is 1.24. The van der Waals surface area contributed by atoms with E-state index in [0.29, 0.717) is 43.4 Å². The molecule has 174 valence electrons. The van der Waals surface area contributed by atoms with Gasteiger partial charge in [-0.05, 0) is 55.3 Å². The topological polar surface area (TPSA) is 66.4 Å². The molecule has 0 bridgehead atoms. The van der Waals surface area contributed by atoms with Crippen molar-refractivity contribution in [3.63, 3.8) is 0 Å². The molecule has 0 atom stereocenters. The van der Waals surface area contributed by atoms with Crippen LogP contribution in [0.3, 0.4) is 0 Å². The Morgan fingerprint density at radius 2 is 1.73 bits per heavy atom. The highest BCUT2D eigenvalue weighted by molar-refractivity contribution is 7.89. The second-order valence-corrected chi connectivity index (χ2v) is 10.4. The van der Waals surface area contributed by atoms with Crippen LogP contribution in [0.1, 0.15) is 29.6 Å². The molecule has 0 saturated carbocycles. The number of sulfonamides is 1. The van der Waals surface area contributed by atoms with Crippen LogP contribution in [0.2, 0.25) is 5.02 Å². The number of piperazine rings is 1. The van der Waals surface area contributed by atoms with Gasteiger partial charge in [-0.2, -0.15) is 4.31 Å². The van der Waals surface area contributed by atoms with Crippen molar-refractivity contribution in [3.05, 3.63) is 82.0 Å². The van der Waals surface area contributed by atoms with Gasteiger partial charge < -0.3 is 4.90 Å². The van der Waals surface area contributed by atoms with Gasteiger partial charge in [0.25, 0.3) is 0 Å². The van der Waals surface area contributed by atoms with E-state index in [1.807, 2.05) is 19.9 Å². The summed E-state index contributed by atoms with van der Waals surface area (Å²) < 4.78 is 41.3. The Bertz CT molecular complexity index is 1240. The Labute approximate surface area is 199 Å². The highest BCUT2D eigenvalue weighted by Gasteiger charge is 2.30. The minimum absolute atomic E-state index is 0.235. The summed E-state index contributed by atoms with van der Waals surface area (Å²) in [6.45, 7) is 5.59. The van der Waals surface area contributed by atoms with Crippen molar-refractivity contribution in [3.8, 4) is 0 Å². The SMILES string of the molecule is CCc1nc(C)nc(N2CCN(S(=O)(=O)c3ccc(Cl)cc3)CC2)c1Cc1cccc(F)c1. The molecule has 0 aliphatic carbocycles. The largest absolute Gasteiger partial charge is 0.354 e. The van der Waals surface area contributed by atoms with Gasteiger partial charge in [0.1, 0.15) is 17.5 Å². The van der Waals surface area contributed by atoms with Crippen LogP contribution in [-0.4, -0.2) is 48.9 Å². The lowest BCUT2D eigenvalue weighted by Crippen LogP contribution is -2.49. The van der Waals surface area contributed by atoms with Crippen molar-refractivity contribution in [2.24, 2.45) is 0 Å². The lowest BCUT2D eigenvalue weighted by molar-refractivity contribution is 0.383. The minimum atomic E-state index is -3.60. The third-order valence-electron chi connectivity index (χ3n) is 5.78. The smallest absolute Gasteiger partial charge is 0.243 e. The lowest BCUT2D eigenvalue weighted by Gasteiger charge is -2.36. The van der Waals surface area contributed by atoms with Crippen LogP contribution in [-0.2, 0) is 22.9 Å². The van der Waals surface area contributed by atoms with Gasteiger partial charge in [-0.3, -0.25) is 0 Å². The monoisotopic (exact) mass is 488 g/mol. The second-order valence-electron chi connectivity index (χ2n) is 8.02. The molecule has 0 amide bonds. The van der Waals surface area contributed by atoms with Crippen molar-refractivity contribution in [1.82, 2.24) is 14.3 Å². The van der Waals surface area contributed by atoms with Crippen LogP contribution in [0.4, 0.5) is 10.2 Å². The molecule has 0 N–H and O–H groups in total. The maximum absolute atomic E-state index is 13.8. The van der Waals surface area contributed by atoms with E-state index in [1.54, 1.807) is 18.2 Å². The van der Waals surface area contributed by atoms with Gasteiger partial charge in [0.2, 0.25) is 10.0 Å². The molecule has 1 aromatic heterocycles. The van der Waals surface area contributed by atoms with E-state index in [-0.39, 0.29) is 10.7 Å². The van der Waals surface area contributed by atoms with Gasteiger partial charge in [0.05, 0.1) is 4.90 Å². The Morgan fingerprint density at radius 3 is 2.36 bits per heavy atom. The highest BCUT2D eigenvalue weighted by atomic mass is 35.5. The molecule has 4 rings (SSSR count). The number of hydrogen-bond acceptors (Lipinski definition) is 5. The molecule has 1 aliphatic rings. The summed E-state index contributed by atoms with van der Waals surface area (Å²) in [4.78, 5) is 11.7. The fourth-order valence-electron chi connectivity index (χ4n) is 4.12. The molecule has 33 heavy (non-hydrogen) atoms. The van der Waals surface area contributed by atoms with Gasteiger partial charge in [0.15, 0.2) is 0 Å². The predicted octanol–water partition coefficient (Wildman–Crippen LogP) is 4.24. The number of anilines is 1. The molecule has 2 heterocycles. The van der Waals surface area contributed by atoms with Crippen molar-refractivity contribution in [2.45, 2.75) is 31.6 Å². The quantitative estimate of drug-likeness (QED) is 0.519. The molecule has 2 aromatic carbocycles. The number of halogens is 2. The summed E-state index contributed by atoms with van der Waals surface area (Å²) in [7, 11) is -3.60. The maximum atomic E-state index is 13.8. The first-order valence-corrected chi connectivity index (χ1v) is 12.7. The molecular formula is C24H26ClFN4O2S. The molecule has 1 saturated heterocycles. The number of rotatable bonds is 6. The first kappa shape index (κ1) is 23.6. The summed E-state index contributed by atoms with van der Waals surface area (Å²) in [5, 5.41) is 0.496. The number of hydrogen-bond donors (Lipinski definition) is 0. The van der Waals surface area contributed by atoms with Gasteiger partial charge in [-0.25, -0.2) is 22.8 Å². The van der Waals surface area contributed by atoms with E-state index < -0.39 is 10.0 Å².